The topological polar surface area (TPSA) is 80.9 Å². The van der Waals surface area contributed by atoms with Gasteiger partial charge in [0.25, 0.3) is 0 Å². The molecule has 0 radical (unpaired) electrons. The van der Waals surface area contributed by atoms with E-state index in [4.69, 9.17) is 0 Å². The summed E-state index contributed by atoms with van der Waals surface area (Å²) in [4.78, 5) is 0. The highest BCUT2D eigenvalue weighted by molar-refractivity contribution is 6.14. The highest BCUT2D eigenvalue weighted by Crippen LogP contribution is 2.53. The Morgan fingerprint density at radius 3 is 1.08 bits per heavy atom. The summed E-state index contributed by atoms with van der Waals surface area (Å²) >= 11 is 0. The van der Waals surface area contributed by atoms with E-state index in [1.807, 2.05) is 146 Å². The maximum Gasteiger partial charge on any atom is 0.132 e. The Bertz CT molecular complexity index is 2310. The van der Waals surface area contributed by atoms with Gasteiger partial charge in [-0.05, 0) is 80.2 Å². The van der Waals surface area contributed by atoms with Crippen LogP contribution in [-0.2, 0) is 0 Å². The molecule has 230 valence electrons. The lowest BCUT2D eigenvalue weighted by Crippen LogP contribution is -1.93. The zero-order valence-corrected chi connectivity index (χ0v) is 25.8. The molecule has 0 bridgehead atoms. The fourth-order valence-electron chi connectivity index (χ4n) is 6.71. The number of benzene rings is 8. The fourth-order valence-corrected chi connectivity index (χ4v) is 6.71. The van der Waals surface area contributed by atoms with Crippen molar-refractivity contribution in [2.75, 3.05) is 0 Å². The Hall–Kier alpha value is -6.52. The maximum absolute atomic E-state index is 12.3. The molecule has 0 saturated heterocycles. The Morgan fingerprint density at radius 1 is 0.292 bits per heavy atom. The first kappa shape index (κ1) is 28.9. The predicted octanol–water partition coefficient (Wildman–Crippen LogP) is 11.2. The zero-order chi connectivity index (χ0) is 32.8. The first-order valence-electron chi connectivity index (χ1n) is 15.8. The van der Waals surface area contributed by atoms with Gasteiger partial charge in [-0.15, -0.1) is 0 Å². The summed E-state index contributed by atoms with van der Waals surface area (Å²) in [6.07, 6.45) is 0. The lowest BCUT2D eigenvalue weighted by Gasteiger charge is -2.20. The summed E-state index contributed by atoms with van der Waals surface area (Å²) in [6, 6.07) is 49.6. The Morgan fingerprint density at radius 2 is 0.667 bits per heavy atom. The van der Waals surface area contributed by atoms with E-state index < -0.39 is 0 Å². The van der Waals surface area contributed by atoms with Gasteiger partial charge in [-0.1, -0.05) is 121 Å². The van der Waals surface area contributed by atoms with Crippen LogP contribution in [0.1, 0.15) is 0 Å². The van der Waals surface area contributed by atoms with E-state index in [0.29, 0.717) is 33.4 Å². The number of rotatable bonds is 5. The largest absolute Gasteiger partial charge is 0.507 e. The molecular formula is C44H30O4. The van der Waals surface area contributed by atoms with Crippen molar-refractivity contribution in [2.45, 2.75) is 0 Å². The highest BCUT2D eigenvalue weighted by Gasteiger charge is 2.25. The lowest BCUT2D eigenvalue weighted by atomic mass is 9.85. The quantitative estimate of drug-likeness (QED) is 0.154. The van der Waals surface area contributed by atoms with Crippen LogP contribution in [0.2, 0.25) is 0 Å². The number of phenols is 4. The molecular weight excluding hydrogens is 592 g/mol. The molecule has 0 aliphatic carbocycles. The Balaban J connectivity index is 1.43. The molecule has 8 aromatic carbocycles. The predicted molar refractivity (Wildman–Crippen MR) is 195 cm³/mol. The van der Waals surface area contributed by atoms with Crippen molar-refractivity contribution in [1.82, 2.24) is 0 Å². The first-order chi connectivity index (χ1) is 23.5. The molecule has 0 heterocycles. The molecule has 8 rings (SSSR count). The molecule has 0 aliphatic heterocycles. The number of phenolic OH excluding ortho intramolecular Hbond substituents is 4. The minimum absolute atomic E-state index is 0.0247. The van der Waals surface area contributed by atoms with Crippen molar-refractivity contribution in [1.29, 1.82) is 0 Å². The van der Waals surface area contributed by atoms with Crippen LogP contribution in [0.25, 0.3) is 77.2 Å². The van der Waals surface area contributed by atoms with Gasteiger partial charge < -0.3 is 20.4 Å². The van der Waals surface area contributed by atoms with Gasteiger partial charge in [0.15, 0.2) is 0 Å². The average molecular weight is 623 g/mol. The third-order valence-electron chi connectivity index (χ3n) is 9.08. The lowest BCUT2D eigenvalue weighted by molar-refractivity contribution is 0.466. The van der Waals surface area contributed by atoms with Gasteiger partial charge in [-0.25, -0.2) is 0 Å². The first-order valence-corrected chi connectivity index (χ1v) is 15.8. The average Bonchev–Trinajstić information content (AvgIpc) is 3.13. The van der Waals surface area contributed by atoms with Crippen LogP contribution in [0.15, 0.2) is 158 Å². The molecule has 0 fully saturated rings. The molecule has 4 N–H and O–H groups in total. The highest BCUT2D eigenvalue weighted by atomic mass is 16.3. The Kier molecular flexibility index (Phi) is 7.04. The van der Waals surface area contributed by atoms with Crippen molar-refractivity contribution >= 4 is 21.5 Å². The third-order valence-corrected chi connectivity index (χ3v) is 9.08. The van der Waals surface area contributed by atoms with Crippen LogP contribution in [0.4, 0.5) is 0 Å². The van der Waals surface area contributed by atoms with Gasteiger partial charge in [0.05, 0.1) is 0 Å². The standard InChI is InChI=1S/C44H30O4/c45-39-21-19-29(27-11-3-1-4-12-27)23-35(39)37-25-31-15-7-9-17-33(31)41(43(37)47)42-34-18-10-8-16-32(34)26-38(44(42)48)36-24-30(20-22-40(36)46)28-13-5-2-6-14-28/h1-26,45-48H. The fraction of sp³-hybridized carbons (Fsp3) is 0. The van der Waals surface area contributed by atoms with Crippen LogP contribution >= 0.6 is 0 Å². The monoisotopic (exact) mass is 622 g/mol. The summed E-state index contributed by atoms with van der Waals surface area (Å²) in [6.45, 7) is 0. The van der Waals surface area contributed by atoms with Gasteiger partial charge in [-0.3, -0.25) is 0 Å². The van der Waals surface area contributed by atoms with Crippen LogP contribution in [0.5, 0.6) is 23.0 Å². The molecule has 0 aromatic heterocycles. The number of aromatic hydroxyl groups is 4. The molecule has 0 amide bonds. The zero-order valence-electron chi connectivity index (χ0n) is 25.8. The van der Waals surface area contributed by atoms with E-state index in [1.165, 1.54) is 0 Å². The number of hydrogen-bond donors (Lipinski definition) is 4. The van der Waals surface area contributed by atoms with Gasteiger partial charge in [0.1, 0.15) is 23.0 Å². The van der Waals surface area contributed by atoms with Gasteiger partial charge in [0.2, 0.25) is 0 Å². The minimum Gasteiger partial charge on any atom is -0.507 e. The molecule has 0 saturated carbocycles. The molecule has 4 nitrogen and oxygen atoms in total. The molecule has 4 heteroatoms. The van der Waals surface area contributed by atoms with E-state index in [2.05, 4.69) is 0 Å². The smallest absolute Gasteiger partial charge is 0.132 e. The van der Waals surface area contributed by atoms with E-state index >= 15 is 0 Å². The van der Waals surface area contributed by atoms with Crippen LogP contribution in [0.3, 0.4) is 0 Å². The van der Waals surface area contributed by atoms with Crippen LogP contribution < -0.4 is 0 Å². The van der Waals surface area contributed by atoms with Gasteiger partial charge in [0, 0.05) is 33.4 Å². The van der Waals surface area contributed by atoms with E-state index in [9.17, 15) is 20.4 Å². The summed E-state index contributed by atoms with van der Waals surface area (Å²) < 4.78 is 0. The van der Waals surface area contributed by atoms with E-state index in [-0.39, 0.29) is 23.0 Å². The van der Waals surface area contributed by atoms with Crippen molar-refractivity contribution in [3.05, 3.63) is 158 Å². The second-order valence-corrected chi connectivity index (χ2v) is 11.9. The third kappa shape index (κ3) is 4.88. The SMILES string of the molecule is Oc1ccc(-c2ccccc2)cc1-c1cc2ccccc2c(-c2c(O)c(-c3cc(-c4ccccc4)ccc3O)cc3ccccc23)c1O. The van der Waals surface area contributed by atoms with Crippen LogP contribution in [-0.4, -0.2) is 20.4 Å². The Labute approximate surface area is 277 Å². The minimum atomic E-state index is -0.0749. The molecule has 0 unspecified atom stereocenters. The molecule has 0 atom stereocenters. The second-order valence-electron chi connectivity index (χ2n) is 11.9. The summed E-state index contributed by atoms with van der Waals surface area (Å²) in [5.74, 6) is -0.100. The number of hydrogen-bond acceptors (Lipinski definition) is 4. The molecule has 8 aromatic rings. The maximum atomic E-state index is 12.3. The van der Waals surface area contributed by atoms with Crippen molar-refractivity contribution in [3.63, 3.8) is 0 Å². The van der Waals surface area contributed by atoms with Crippen molar-refractivity contribution < 1.29 is 20.4 Å². The molecule has 0 spiro atoms. The summed E-state index contributed by atoms with van der Waals surface area (Å²) in [7, 11) is 0. The normalized spacial score (nSPS) is 11.2. The summed E-state index contributed by atoms with van der Waals surface area (Å²) in [5.41, 5.74) is 6.40. The van der Waals surface area contributed by atoms with Crippen molar-refractivity contribution in [2.24, 2.45) is 0 Å². The van der Waals surface area contributed by atoms with Crippen molar-refractivity contribution in [3.8, 4) is 78.6 Å². The molecule has 0 aliphatic rings. The summed E-state index contributed by atoms with van der Waals surface area (Å²) in [5, 5.41) is 50.1. The number of fused-ring (bicyclic) bond motifs is 2. The van der Waals surface area contributed by atoms with E-state index in [1.54, 1.807) is 12.1 Å². The van der Waals surface area contributed by atoms with Gasteiger partial charge in [-0.2, -0.15) is 0 Å². The van der Waals surface area contributed by atoms with Crippen LogP contribution in [0, 0.1) is 0 Å². The second kappa shape index (κ2) is 11.7. The van der Waals surface area contributed by atoms with E-state index in [0.717, 1.165) is 43.8 Å². The van der Waals surface area contributed by atoms with Gasteiger partial charge >= 0.3 is 0 Å². The molecule has 48 heavy (non-hydrogen) atoms.